The van der Waals surface area contributed by atoms with Gasteiger partial charge in [0.2, 0.25) is 0 Å². The highest BCUT2D eigenvalue weighted by molar-refractivity contribution is 5.19. The van der Waals surface area contributed by atoms with Gasteiger partial charge in [-0.15, -0.1) is 0 Å². The molecular formula is C45H51NO6. The third-order valence-corrected chi connectivity index (χ3v) is 9.69. The van der Waals surface area contributed by atoms with Gasteiger partial charge in [-0.25, -0.2) is 0 Å². The molecule has 1 saturated heterocycles. The number of hydrogen-bond donors (Lipinski definition) is 2. The first-order chi connectivity index (χ1) is 25.7. The fourth-order valence-corrected chi connectivity index (χ4v) is 7.08. The van der Waals surface area contributed by atoms with Gasteiger partial charge in [0.05, 0.1) is 51.2 Å². The molecule has 7 nitrogen and oxygen atoms in total. The lowest BCUT2D eigenvalue weighted by Gasteiger charge is -2.54. The molecule has 5 aromatic carbocycles. The van der Waals surface area contributed by atoms with Crippen molar-refractivity contribution in [2.45, 2.75) is 82.3 Å². The molecule has 52 heavy (non-hydrogen) atoms. The largest absolute Gasteiger partial charge is 0.396 e. The summed E-state index contributed by atoms with van der Waals surface area (Å²) in [7, 11) is 0. The predicted molar refractivity (Wildman–Crippen MR) is 203 cm³/mol. The van der Waals surface area contributed by atoms with Gasteiger partial charge in [0.15, 0.2) is 0 Å². The van der Waals surface area contributed by atoms with Gasteiger partial charge in [0.1, 0.15) is 18.3 Å². The van der Waals surface area contributed by atoms with E-state index in [1.807, 2.05) is 103 Å². The molecule has 0 aliphatic carbocycles. The Morgan fingerprint density at radius 3 is 1.37 bits per heavy atom. The van der Waals surface area contributed by atoms with Crippen molar-refractivity contribution in [1.29, 1.82) is 0 Å². The van der Waals surface area contributed by atoms with Gasteiger partial charge < -0.3 is 29.2 Å². The SMILES string of the molecule is OCCCC(O)C1C(OCc2ccccc2)C(OCc2ccccc2)C(OCc2ccccc2)C(COCc2ccccc2)N1Cc1ccccc1. The molecule has 0 bridgehead atoms. The lowest BCUT2D eigenvalue weighted by molar-refractivity contribution is -0.244. The molecule has 6 rings (SSSR count). The van der Waals surface area contributed by atoms with Crippen molar-refractivity contribution in [3.63, 3.8) is 0 Å². The summed E-state index contributed by atoms with van der Waals surface area (Å²) in [5, 5.41) is 22.0. The van der Waals surface area contributed by atoms with Crippen molar-refractivity contribution >= 4 is 0 Å². The Kier molecular flexibility index (Phi) is 14.6. The van der Waals surface area contributed by atoms with E-state index in [9.17, 15) is 10.2 Å². The number of piperidine rings is 1. The van der Waals surface area contributed by atoms with Gasteiger partial charge in [-0.2, -0.15) is 0 Å². The molecule has 0 saturated carbocycles. The minimum atomic E-state index is -0.828. The number of aliphatic hydroxyl groups is 2. The van der Waals surface area contributed by atoms with Gasteiger partial charge in [-0.1, -0.05) is 152 Å². The van der Waals surface area contributed by atoms with Crippen LogP contribution in [0.1, 0.15) is 40.7 Å². The van der Waals surface area contributed by atoms with Crippen molar-refractivity contribution in [3.05, 3.63) is 179 Å². The smallest absolute Gasteiger partial charge is 0.113 e. The number of ether oxygens (including phenoxy) is 4. The van der Waals surface area contributed by atoms with E-state index >= 15 is 0 Å². The van der Waals surface area contributed by atoms with Crippen LogP contribution in [0.3, 0.4) is 0 Å². The quantitative estimate of drug-likeness (QED) is 0.0933. The van der Waals surface area contributed by atoms with Crippen LogP contribution in [0.4, 0.5) is 0 Å². The van der Waals surface area contributed by atoms with E-state index in [1.54, 1.807) is 0 Å². The van der Waals surface area contributed by atoms with Crippen molar-refractivity contribution in [3.8, 4) is 0 Å². The van der Waals surface area contributed by atoms with E-state index < -0.39 is 30.5 Å². The molecule has 1 fully saturated rings. The highest BCUT2D eigenvalue weighted by atomic mass is 16.6. The molecule has 1 aliphatic rings. The molecule has 0 spiro atoms. The maximum Gasteiger partial charge on any atom is 0.113 e. The Bertz CT molecular complexity index is 1680. The van der Waals surface area contributed by atoms with Crippen LogP contribution in [-0.4, -0.2) is 64.8 Å². The van der Waals surface area contributed by atoms with Crippen LogP contribution in [0.2, 0.25) is 0 Å². The fourth-order valence-electron chi connectivity index (χ4n) is 7.08. The highest BCUT2D eigenvalue weighted by Crippen LogP contribution is 2.36. The average molecular weight is 702 g/mol. The van der Waals surface area contributed by atoms with Gasteiger partial charge in [-0.3, -0.25) is 4.90 Å². The first-order valence-corrected chi connectivity index (χ1v) is 18.4. The van der Waals surface area contributed by atoms with Gasteiger partial charge in [0, 0.05) is 13.2 Å². The third-order valence-electron chi connectivity index (χ3n) is 9.69. The molecule has 6 atom stereocenters. The van der Waals surface area contributed by atoms with E-state index in [1.165, 1.54) is 0 Å². The molecule has 0 aromatic heterocycles. The summed E-state index contributed by atoms with van der Waals surface area (Å²) >= 11 is 0. The zero-order valence-corrected chi connectivity index (χ0v) is 29.7. The number of rotatable bonds is 19. The van der Waals surface area contributed by atoms with Crippen LogP contribution in [0.15, 0.2) is 152 Å². The molecule has 2 N–H and O–H groups in total. The van der Waals surface area contributed by atoms with Gasteiger partial charge in [-0.05, 0) is 40.7 Å². The molecule has 272 valence electrons. The van der Waals surface area contributed by atoms with Crippen molar-refractivity contribution in [2.75, 3.05) is 13.2 Å². The molecule has 0 radical (unpaired) electrons. The Morgan fingerprint density at radius 1 is 0.500 bits per heavy atom. The number of likely N-dealkylation sites (tertiary alicyclic amines) is 1. The average Bonchev–Trinajstić information content (AvgIpc) is 3.20. The lowest BCUT2D eigenvalue weighted by Crippen LogP contribution is -2.71. The maximum atomic E-state index is 12.2. The fraction of sp³-hybridized carbons (Fsp3) is 0.333. The topological polar surface area (TPSA) is 80.6 Å². The summed E-state index contributed by atoms with van der Waals surface area (Å²) < 4.78 is 27.5. The molecule has 5 aromatic rings. The summed E-state index contributed by atoms with van der Waals surface area (Å²) in [5.41, 5.74) is 5.29. The molecule has 7 heteroatoms. The number of benzene rings is 5. The monoisotopic (exact) mass is 701 g/mol. The third kappa shape index (κ3) is 10.7. The predicted octanol–water partition coefficient (Wildman–Crippen LogP) is 7.35. The molecular weight excluding hydrogens is 650 g/mol. The number of aliphatic hydroxyl groups excluding tert-OH is 2. The molecule has 6 unspecified atom stereocenters. The summed E-state index contributed by atoms with van der Waals surface area (Å²) in [5.74, 6) is 0. The second kappa shape index (κ2) is 20.2. The number of nitrogens with zero attached hydrogens (tertiary/aromatic N) is 1. The molecule has 0 amide bonds. The van der Waals surface area contributed by atoms with E-state index in [-0.39, 0.29) is 12.6 Å². The number of hydrogen-bond acceptors (Lipinski definition) is 7. The molecule has 1 aliphatic heterocycles. The van der Waals surface area contributed by atoms with E-state index in [0.29, 0.717) is 52.4 Å². The van der Waals surface area contributed by atoms with Crippen LogP contribution in [0.25, 0.3) is 0 Å². The van der Waals surface area contributed by atoms with E-state index in [4.69, 9.17) is 18.9 Å². The van der Waals surface area contributed by atoms with Crippen LogP contribution < -0.4 is 0 Å². The summed E-state index contributed by atoms with van der Waals surface area (Å²) in [6.45, 7) is 2.33. The van der Waals surface area contributed by atoms with E-state index in [2.05, 4.69) is 53.4 Å². The first kappa shape index (κ1) is 37.6. The normalized spacial score (nSPS) is 21.2. The highest BCUT2D eigenvalue weighted by Gasteiger charge is 2.53. The van der Waals surface area contributed by atoms with Crippen LogP contribution in [0.5, 0.6) is 0 Å². The summed E-state index contributed by atoms with van der Waals surface area (Å²) in [6.07, 6.45) is -1.63. The van der Waals surface area contributed by atoms with E-state index in [0.717, 1.165) is 27.8 Å². The first-order valence-electron chi connectivity index (χ1n) is 18.4. The second-order valence-electron chi connectivity index (χ2n) is 13.4. The van der Waals surface area contributed by atoms with Crippen LogP contribution in [0, 0.1) is 0 Å². The Labute approximate surface area is 308 Å². The zero-order chi connectivity index (χ0) is 35.8. The van der Waals surface area contributed by atoms with Crippen LogP contribution in [-0.2, 0) is 51.9 Å². The van der Waals surface area contributed by atoms with Gasteiger partial charge in [0.25, 0.3) is 0 Å². The minimum absolute atomic E-state index is 0.0155. The summed E-state index contributed by atoms with van der Waals surface area (Å²) in [4.78, 5) is 2.32. The second-order valence-corrected chi connectivity index (χ2v) is 13.4. The van der Waals surface area contributed by atoms with Gasteiger partial charge >= 0.3 is 0 Å². The zero-order valence-electron chi connectivity index (χ0n) is 29.7. The maximum absolute atomic E-state index is 12.2. The van der Waals surface area contributed by atoms with Crippen molar-refractivity contribution in [1.82, 2.24) is 4.90 Å². The molecule has 1 heterocycles. The van der Waals surface area contributed by atoms with Crippen molar-refractivity contribution in [2.24, 2.45) is 0 Å². The lowest BCUT2D eigenvalue weighted by atomic mass is 9.83. The Morgan fingerprint density at radius 2 is 0.904 bits per heavy atom. The van der Waals surface area contributed by atoms with Crippen LogP contribution >= 0.6 is 0 Å². The Hall–Kier alpha value is -4.18. The Balaban J connectivity index is 1.43. The van der Waals surface area contributed by atoms with Crippen molar-refractivity contribution < 1.29 is 29.2 Å². The standard InChI is InChI=1S/C45H51NO6/c47-28-16-27-41(48)42-44(51-32-38-23-12-4-13-24-38)45(52-33-39-25-14-5-15-26-39)43(50-31-37-21-10-3-11-22-37)40(34-49-30-36-19-8-2-9-20-36)46(42)29-35-17-6-1-7-18-35/h1-15,17-26,40-45,47-48H,16,27-34H2. The minimum Gasteiger partial charge on any atom is -0.396 e. The summed E-state index contributed by atoms with van der Waals surface area (Å²) in [6, 6.07) is 50.0.